The van der Waals surface area contributed by atoms with E-state index >= 15 is 0 Å². The highest BCUT2D eigenvalue weighted by Crippen LogP contribution is 2.30. The molecule has 1 N–H and O–H groups in total. The van der Waals surface area contributed by atoms with E-state index in [0.717, 1.165) is 50.6 Å². The third kappa shape index (κ3) is 5.61. The third-order valence-corrected chi connectivity index (χ3v) is 7.79. The Labute approximate surface area is 217 Å². The number of nitrogens with zero attached hydrogens (tertiary/aromatic N) is 3. The molecule has 0 unspecified atom stereocenters. The molecule has 0 radical (unpaired) electrons. The van der Waals surface area contributed by atoms with Gasteiger partial charge in [-0.3, -0.25) is 9.69 Å². The molecular weight excluding hydrogens is 464 g/mol. The lowest BCUT2D eigenvalue weighted by Gasteiger charge is -2.35. The van der Waals surface area contributed by atoms with Gasteiger partial charge >= 0.3 is 0 Å². The second-order valence-electron chi connectivity index (χ2n) is 10.6. The molecule has 186 valence electrons. The van der Waals surface area contributed by atoms with E-state index in [1.165, 1.54) is 21.2 Å². The monoisotopic (exact) mass is 498 g/mol. The van der Waals surface area contributed by atoms with Crippen molar-refractivity contribution in [3.63, 3.8) is 0 Å². The minimum Gasteiger partial charge on any atom is -0.353 e. The number of fused-ring (bicyclic) bond motifs is 1. The Morgan fingerprint density at radius 3 is 2.31 bits per heavy atom. The highest BCUT2D eigenvalue weighted by atomic mass is 32.1. The smallest absolute Gasteiger partial charge is 0.255 e. The van der Waals surface area contributed by atoms with Crippen molar-refractivity contribution in [3.05, 3.63) is 89.5 Å². The quantitative estimate of drug-likeness (QED) is 0.343. The number of piperazine rings is 1. The van der Waals surface area contributed by atoms with Crippen molar-refractivity contribution in [2.75, 3.05) is 42.9 Å². The Balaban J connectivity index is 1.09. The number of rotatable bonds is 6. The molecule has 1 aliphatic rings. The van der Waals surface area contributed by atoms with Crippen LogP contribution in [0.3, 0.4) is 0 Å². The summed E-state index contributed by atoms with van der Waals surface area (Å²) in [5, 5.41) is 4.29. The normalized spacial score (nSPS) is 14.8. The standard InChI is InChI=1S/C30H34N4OS/c1-30(2,3)24-12-10-23(11-13-24)29(35)31-25-14-8-22(9-15-25)16-17-33-18-20-34(21-19-33)28-26-6-4-5-7-27(26)36-32-28/h4-15H,16-21H2,1-3H3,(H,31,35). The molecule has 1 aliphatic heterocycles. The molecule has 6 heteroatoms. The lowest BCUT2D eigenvalue weighted by molar-refractivity contribution is 0.102. The molecule has 0 atom stereocenters. The molecular formula is C30H34N4OS. The largest absolute Gasteiger partial charge is 0.353 e. The van der Waals surface area contributed by atoms with Crippen LogP contribution in [0, 0.1) is 0 Å². The van der Waals surface area contributed by atoms with Gasteiger partial charge in [0.05, 0.1) is 4.70 Å². The molecule has 36 heavy (non-hydrogen) atoms. The Kier molecular flexibility index (Phi) is 7.08. The Hall–Kier alpha value is -3.22. The van der Waals surface area contributed by atoms with Crippen molar-refractivity contribution in [3.8, 4) is 0 Å². The minimum absolute atomic E-state index is 0.0750. The fourth-order valence-corrected chi connectivity index (χ4v) is 5.45. The van der Waals surface area contributed by atoms with Gasteiger partial charge in [-0.25, -0.2) is 0 Å². The predicted octanol–water partition coefficient (Wildman–Crippen LogP) is 6.21. The zero-order chi connectivity index (χ0) is 25.1. The molecule has 0 spiro atoms. The summed E-state index contributed by atoms with van der Waals surface area (Å²) >= 11 is 1.59. The van der Waals surface area contributed by atoms with Gasteiger partial charge in [0.15, 0.2) is 0 Å². The van der Waals surface area contributed by atoms with E-state index in [4.69, 9.17) is 4.37 Å². The Bertz CT molecular complexity index is 1310. The second kappa shape index (κ2) is 10.4. The van der Waals surface area contributed by atoms with E-state index in [-0.39, 0.29) is 11.3 Å². The van der Waals surface area contributed by atoms with Crippen LogP contribution < -0.4 is 10.2 Å². The number of carbonyl (C=O) groups excluding carboxylic acids is 1. The molecule has 0 saturated carbocycles. The Morgan fingerprint density at radius 2 is 1.61 bits per heavy atom. The molecule has 1 aromatic heterocycles. The van der Waals surface area contributed by atoms with Gasteiger partial charge in [-0.1, -0.05) is 57.2 Å². The zero-order valence-corrected chi connectivity index (χ0v) is 22.1. The number of aromatic nitrogens is 1. The highest BCUT2D eigenvalue weighted by molar-refractivity contribution is 7.13. The van der Waals surface area contributed by atoms with Crippen molar-refractivity contribution < 1.29 is 4.79 Å². The molecule has 1 fully saturated rings. The first-order valence-electron chi connectivity index (χ1n) is 12.7. The molecule has 5 nitrogen and oxygen atoms in total. The van der Waals surface area contributed by atoms with Gasteiger partial charge < -0.3 is 10.2 Å². The number of benzene rings is 3. The van der Waals surface area contributed by atoms with Crippen LogP contribution in [0.15, 0.2) is 72.8 Å². The lowest BCUT2D eigenvalue weighted by atomic mass is 9.87. The van der Waals surface area contributed by atoms with Crippen molar-refractivity contribution in [2.24, 2.45) is 0 Å². The van der Waals surface area contributed by atoms with Gasteiger partial charge in [0.2, 0.25) is 0 Å². The average Bonchev–Trinajstić information content (AvgIpc) is 3.32. The van der Waals surface area contributed by atoms with Crippen LogP contribution in [0.1, 0.15) is 42.3 Å². The van der Waals surface area contributed by atoms with E-state index in [1.54, 1.807) is 11.5 Å². The van der Waals surface area contributed by atoms with Crippen LogP contribution in [0.4, 0.5) is 11.5 Å². The molecule has 2 heterocycles. The van der Waals surface area contributed by atoms with Crippen LogP contribution in [0.2, 0.25) is 0 Å². The number of amides is 1. The summed E-state index contributed by atoms with van der Waals surface area (Å²) in [6.45, 7) is 11.7. The van der Waals surface area contributed by atoms with Crippen molar-refractivity contribution in [1.29, 1.82) is 0 Å². The summed E-state index contributed by atoms with van der Waals surface area (Å²) in [5.41, 5.74) is 4.09. The number of nitrogens with one attached hydrogen (secondary N) is 1. The first-order valence-corrected chi connectivity index (χ1v) is 13.5. The molecule has 4 aromatic rings. The van der Waals surface area contributed by atoms with E-state index < -0.39 is 0 Å². The van der Waals surface area contributed by atoms with E-state index in [9.17, 15) is 4.79 Å². The summed E-state index contributed by atoms with van der Waals surface area (Å²) < 4.78 is 5.98. The first kappa shape index (κ1) is 24.5. The maximum absolute atomic E-state index is 12.7. The van der Waals surface area contributed by atoms with Gasteiger partial charge in [0.1, 0.15) is 5.82 Å². The number of anilines is 2. The van der Waals surface area contributed by atoms with Gasteiger partial charge in [0, 0.05) is 49.4 Å². The number of hydrogen-bond acceptors (Lipinski definition) is 5. The summed E-state index contributed by atoms with van der Waals surface area (Å²) in [5.74, 6) is 1.06. The topological polar surface area (TPSA) is 48.5 Å². The summed E-state index contributed by atoms with van der Waals surface area (Å²) in [6, 6.07) is 24.6. The van der Waals surface area contributed by atoms with Crippen molar-refractivity contribution in [2.45, 2.75) is 32.6 Å². The van der Waals surface area contributed by atoms with E-state index in [2.05, 4.69) is 72.3 Å². The van der Waals surface area contributed by atoms with Crippen LogP contribution in [-0.2, 0) is 11.8 Å². The zero-order valence-electron chi connectivity index (χ0n) is 21.3. The maximum Gasteiger partial charge on any atom is 0.255 e. The fourth-order valence-electron chi connectivity index (χ4n) is 4.65. The molecule has 1 saturated heterocycles. The van der Waals surface area contributed by atoms with Gasteiger partial charge in [-0.15, -0.1) is 0 Å². The van der Waals surface area contributed by atoms with E-state index in [0.29, 0.717) is 5.56 Å². The first-order chi connectivity index (χ1) is 17.4. The van der Waals surface area contributed by atoms with Gasteiger partial charge in [-0.05, 0) is 70.9 Å². The van der Waals surface area contributed by atoms with Crippen molar-refractivity contribution >= 4 is 39.0 Å². The summed E-state index contributed by atoms with van der Waals surface area (Å²) in [6.07, 6.45) is 1.00. The fraction of sp³-hybridized carbons (Fsp3) is 0.333. The lowest BCUT2D eigenvalue weighted by Crippen LogP contribution is -2.47. The molecule has 0 aliphatic carbocycles. The SMILES string of the molecule is CC(C)(C)c1ccc(C(=O)Nc2ccc(CCN3CCN(c4nsc5ccccc45)CC3)cc2)cc1. The molecule has 0 bridgehead atoms. The van der Waals surface area contributed by atoms with E-state index in [1.807, 2.05) is 36.4 Å². The number of hydrogen-bond donors (Lipinski definition) is 1. The molecule has 5 rings (SSSR count). The minimum atomic E-state index is -0.0750. The van der Waals surface area contributed by atoms with Gasteiger partial charge in [0.25, 0.3) is 5.91 Å². The predicted molar refractivity (Wildman–Crippen MR) is 152 cm³/mol. The van der Waals surface area contributed by atoms with Gasteiger partial charge in [-0.2, -0.15) is 4.37 Å². The second-order valence-corrected chi connectivity index (χ2v) is 11.4. The van der Waals surface area contributed by atoms with Crippen molar-refractivity contribution in [1.82, 2.24) is 9.27 Å². The third-order valence-electron chi connectivity index (χ3n) is 6.97. The maximum atomic E-state index is 12.7. The molecule has 1 amide bonds. The average molecular weight is 499 g/mol. The van der Waals surface area contributed by atoms with Crippen LogP contribution in [0.5, 0.6) is 0 Å². The highest BCUT2D eigenvalue weighted by Gasteiger charge is 2.20. The van der Waals surface area contributed by atoms with Crippen LogP contribution >= 0.6 is 11.5 Å². The summed E-state index contributed by atoms with van der Waals surface area (Å²) in [7, 11) is 0. The van der Waals surface area contributed by atoms with Crippen LogP contribution in [0.25, 0.3) is 10.1 Å². The number of carbonyl (C=O) groups is 1. The van der Waals surface area contributed by atoms with Crippen LogP contribution in [-0.4, -0.2) is 47.9 Å². The Morgan fingerprint density at radius 1 is 0.917 bits per heavy atom. The summed E-state index contributed by atoms with van der Waals surface area (Å²) in [4.78, 5) is 17.6. The molecule has 3 aromatic carbocycles.